The van der Waals surface area contributed by atoms with E-state index in [0.29, 0.717) is 17.5 Å². The lowest BCUT2D eigenvalue weighted by molar-refractivity contribution is -0.151. The molecule has 1 aromatic rings. The highest BCUT2D eigenvalue weighted by Gasteiger charge is 2.41. The number of nitrogens with zero attached hydrogens (tertiary/aromatic N) is 1. The molecule has 1 unspecified atom stereocenters. The number of carbonyl (C=O) groups is 1. The minimum atomic E-state index is -0.544. The summed E-state index contributed by atoms with van der Waals surface area (Å²) in [6.07, 6.45) is 1.77. The highest BCUT2D eigenvalue weighted by atomic mass is 16.7. The highest BCUT2D eigenvalue weighted by Crippen LogP contribution is 2.38. The van der Waals surface area contributed by atoms with Crippen LogP contribution in [0.3, 0.4) is 0 Å². The van der Waals surface area contributed by atoms with Crippen molar-refractivity contribution in [2.75, 3.05) is 13.1 Å². The Bertz CT molecular complexity index is 541. The summed E-state index contributed by atoms with van der Waals surface area (Å²) in [7, 11) is 0. The number of esters is 1. The van der Waals surface area contributed by atoms with Crippen molar-refractivity contribution in [1.82, 2.24) is 4.90 Å². The topological polar surface area (TPSA) is 38.8 Å². The summed E-state index contributed by atoms with van der Waals surface area (Å²) in [6.45, 7) is 8.72. The van der Waals surface area contributed by atoms with Crippen molar-refractivity contribution in [3.05, 3.63) is 35.4 Å². The molecule has 0 N–H and O–H groups in total. The van der Waals surface area contributed by atoms with Gasteiger partial charge in [0, 0.05) is 11.6 Å². The number of cyclic esters (lactones) is 1. The van der Waals surface area contributed by atoms with Crippen LogP contribution in [0.1, 0.15) is 55.8 Å². The summed E-state index contributed by atoms with van der Waals surface area (Å²) >= 11 is 0. The van der Waals surface area contributed by atoms with Gasteiger partial charge in [0.1, 0.15) is 0 Å². The zero-order valence-electron chi connectivity index (χ0n) is 13.6. The predicted molar refractivity (Wildman–Crippen MR) is 84.6 cm³/mol. The molecule has 3 rings (SSSR count). The van der Waals surface area contributed by atoms with Gasteiger partial charge in [-0.25, -0.2) is 4.79 Å². The van der Waals surface area contributed by atoms with Crippen LogP contribution in [0, 0.1) is 5.92 Å². The van der Waals surface area contributed by atoms with Crippen LogP contribution in [0.2, 0.25) is 0 Å². The number of benzene rings is 1. The van der Waals surface area contributed by atoms with E-state index in [4.69, 9.17) is 9.47 Å². The molecule has 0 bridgehead atoms. The van der Waals surface area contributed by atoms with Crippen LogP contribution in [0.4, 0.5) is 0 Å². The van der Waals surface area contributed by atoms with Crippen molar-refractivity contribution < 1.29 is 14.3 Å². The van der Waals surface area contributed by atoms with E-state index in [2.05, 4.69) is 25.7 Å². The Balaban J connectivity index is 1.77. The summed E-state index contributed by atoms with van der Waals surface area (Å²) in [6, 6.07) is 7.92. The van der Waals surface area contributed by atoms with Crippen molar-refractivity contribution >= 4 is 5.97 Å². The molecule has 0 amide bonds. The maximum absolute atomic E-state index is 11.9. The van der Waals surface area contributed by atoms with Gasteiger partial charge in [-0.2, -0.15) is 0 Å². The van der Waals surface area contributed by atoms with Crippen LogP contribution < -0.4 is 0 Å². The lowest BCUT2D eigenvalue weighted by Crippen LogP contribution is -2.44. The normalized spacial score (nSPS) is 30.6. The standard InChI is InChI=1S/C18H25NO3/c1-4-19(5-2)16-12(3)10-11-15(16)21-18-14-9-7-6-8-13(14)17(20)22-18/h6-9,12,15-16,18H,4-5,10-11H2,1-3H3/t12-,15+,16+,18?/m0/s1. The van der Waals surface area contributed by atoms with Crippen LogP contribution in [0.5, 0.6) is 0 Å². The van der Waals surface area contributed by atoms with Gasteiger partial charge < -0.3 is 9.47 Å². The second-order valence-corrected chi connectivity index (χ2v) is 6.27. The number of ether oxygens (including phenoxy) is 2. The van der Waals surface area contributed by atoms with Gasteiger partial charge in [-0.3, -0.25) is 4.90 Å². The fourth-order valence-electron chi connectivity index (χ4n) is 3.90. The van der Waals surface area contributed by atoms with Crippen molar-refractivity contribution in [2.45, 2.75) is 52.0 Å². The summed E-state index contributed by atoms with van der Waals surface area (Å²) in [5.41, 5.74) is 1.50. The summed E-state index contributed by atoms with van der Waals surface area (Å²) < 4.78 is 11.7. The molecule has 1 aliphatic carbocycles. The largest absolute Gasteiger partial charge is 0.428 e. The smallest absolute Gasteiger partial charge is 0.341 e. The van der Waals surface area contributed by atoms with Crippen LogP contribution in [-0.4, -0.2) is 36.1 Å². The number of hydrogen-bond donors (Lipinski definition) is 0. The molecule has 0 saturated heterocycles. The maximum atomic E-state index is 11.9. The SMILES string of the molecule is CCN(CC)[C@@H]1[C@@H](C)CC[C@H]1OC1OC(=O)c2ccccc21. The van der Waals surface area contributed by atoms with Gasteiger partial charge in [0.2, 0.25) is 6.29 Å². The number of rotatable bonds is 5. The first kappa shape index (κ1) is 15.5. The third-order valence-corrected chi connectivity index (χ3v) is 5.05. The number of hydrogen-bond acceptors (Lipinski definition) is 4. The van der Waals surface area contributed by atoms with E-state index < -0.39 is 6.29 Å². The zero-order chi connectivity index (χ0) is 15.7. The van der Waals surface area contributed by atoms with Gasteiger partial charge in [-0.15, -0.1) is 0 Å². The predicted octanol–water partition coefficient (Wildman–Crippen LogP) is 3.38. The lowest BCUT2D eigenvalue weighted by Gasteiger charge is -2.34. The number of carbonyl (C=O) groups excluding carboxylic acids is 1. The summed E-state index contributed by atoms with van der Waals surface area (Å²) in [4.78, 5) is 14.4. The lowest BCUT2D eigenvalue weighted by atomic mass is 10.0. The summed E-state index contributed by atoms with van der Waals surface area (Å²) in [5, 5.41) is 0. The fourth-order valence-corrected chi connectivity index (χ4v) is 3.90. The van der Waals surface area contributed by atoms with E-state index in [1.54, 1.807) is 6.07 Å². The van der Waals surface area contributed by atoms with Crippen LogP contribution >= 0.6 is 0 Å². The molecule has 0 aromatic heterocycles. The van der Waals surface area contributed by atoms with E-state index in [9.17, 15) is 4.79 Å². The van der Waals surface area contributed by atoms with E-state index in [1.165, 1.54) is 0 Å². The first-order valence-corrected chi connectivity index (χ1v) is 8.35. The molecule has 1 fully saturated rings. The van der Waals surface area contributed by atoms with Crippen LogP contribution in [-0.2, 0) is 9.47 Å². The molecule has 0 radical (unpaired) electrons. The monoisotopic (exact) mass is 303 g/mol. The van der Waals surface area contributed by atoms with Crippen molar-refractivity contribution in [3.63, 3.8) is 0 Å². The first-order valence-electron chi connectivity index (χ1n) is 8.35. The van der Waals surface area contributed by atoms with Gasteiger partial charge in [0.25, 0.3) is 0 Å². The van der Waals surface area contributed by atoms with Crippen molar-refractivity contribution in [2.24, 2.45) is 5.92 Å². The minimum Gasteiger partial charge on any atom is -0.428 e. The van der Waals surface area contributed by atoms with Crippen LogP contribution in [0.25, 0.3) is 0 Å². The Morgan fingerprint density at radius 1 is 1.23 bits per heavy atom. The van der Waals surface area contributed by atoms with Gasteiger partial charge in [-0.05, 0) is 37.9 Å². The molecule has 4 heteroatoms. The van der Waals surface area contributed by atoms with E-state index >= 15 is 0 Å². The molecule has 1 saturated carbocycles. The Kier molecular flexibility index (Phi) is 4.50. The van der Waals surface area contributed by atoms with Crippen LogP contribution in [0.15, 0.2) is 24.3 Å². The minimum absolute atomic E-state index is 0.124. The van der Waals surface area contributed by atoms with E-state index in [-0.39, 0.29) is 12.1 Å². The zero-order valence-corrected chi connectivity index (χ0v) is 13.6. The average molecular weight is 303 g/mol. The third kappa shape index (κ3) is 2.66. The highest BCUT2D eigenvalue weighted by molar-refractivity contribution is 5.93. The molecule has 4 atom stereocenters. The maximum Gasteiger partial charge on any atom is 0.341 e. The van der Waals surface area contributed by atoms with Gasteiger partial charge in [0.15, 0.2) is 0 Å². The molecule has 1 aromatic carbocycles. The van der Waals surface area contributed by atoms with Gasteiger partial charge in [0.05, 0.1) is 11.7 Å². The molecule has 2 aliphatic rings. The fraction of sp³-hybridized carbons (Fsp3) is 0.611. The third-order valence-electron chi connectivity index (χ3n) is 5.05. The second-order valence-electron chi connectivity index (χ2n) is 6.27. The quantitative estimate of drug-likeness (QED) is 0.782. The number of fused-ring (bicyclic) bond motifs is 1. The molecule has 1 aliphatic heterocycles. The molecule has 120 valence electrons. The van der Waals surface area contributed by atoms with Gasteiger partial charge >= 0.3 is 5.97 Å². The Hall–Kier alpha value is -1.39. The molecular weight excluding hydrogens is 278 g/mol. The van der Waals surface area contributed by atoms with E-state index in [0.717, 1.165) is 31.5 Å². The van der Waals surface area contributed by atoms with E-state index in [1.807, 2.05) is 18.2 Å². The molecular formula is C18H25NO3. The summed E-state index contributed by atoms with van der Waals surface area (Å²) in [5.74, 6) is 0.336. The van der Waals surface area contributed by atoms with Gasteiger partial charge in [-0.1, -0.05) is 39.0 Å². The Morgan fingerprint density at radius 2 is 1.95 bits per heavy atom. The average Bonchev–Trinajstić information content (AvgIpc) is 3.04. The molecule has 22 heavy (non-hydrogen) atoms. The Morgan fingerprint density at radius 3 is 2.68 bits per heavy atom. The molecule has 0 spiro atoms. The molecule has 4 nitrogen and oxygen atoms in total. The molecule has 1 heterocycles. The number of likely N-dealkylation sites (N-methyl/N-ethyl adjacent to an activating group) is 1. The van der Waals surface area contributed by atoms with Crippen molar-refractivity contribution in [1.29, 1.82) is 0 Å². The van der Waals surface area contributed by atoms with Crippen molar-refractivity contribution in [3.8, 4) is 0 Å². The Labute approximate surface area is 132 Å². The first-order chi connectivity index (χ1) is 10.7. The second kappa shape index (κ2) is 6.39.